The van der Waals surface area contributed by atoms with Crippen LogP contribution in [0, 0.1) is 0 Å². The van der Waals surface area contributed by atoms with Crippen molar-refractivity contribution in [2.75, 3.05) is 32.2 Å². The van der Waals surface area contributed by atoms with Crippen molar-refractivity contribution in [2.45, 2.75) is 122 Å². The zero-order valence-electron chi connectivity index (χ0n) is 26.0. The molecule has 1 rings (SSSR count). The van der Waals surface area contributed by atoms with Gasteiger partial charge in [0.05, 0.1) is 26.4 Å². The Bertz CT molecular complexity index is 884. The van der Waals surface area contributed by atoms with E-state index in [2.05, 4.69) is 53.7 Å². The van der Waals surface area contributed by atoms with Gasteiger partial charge in [0.15, 0.2) is 5.40 Å². The van der Waals surface area contributed by atoms with Crippen molar-refractivity contribution in [1.29, 1.82) is 0 Å². The molecule has 10 heteroatoms. The van der Waals surface area contributed by atoms with Crippen molar-refractivity contribution in [2.24, 2.45) is 0 Å². The first kappa shape index (κ1) is 36.7. The molecule has 0 amide bonds. The first-order valence-corrected chi connectivity index (χ1v) is 18.6. The van der Waals surface area contributed by atoms with Crippen LogP contribution < -0.4 is 0 Å². The monoisotopic (exact) mass is 608 g/mol. The molecule has 0 heterocycles. The lowest BCUT2D eigenvalue weighted by Gasteiger charge is -2.31. The van der Waals surface area contributed by atoms with Crippen molar-refractivity contribution in [3.05, 3.63) is 23.3 Å². The molecule has 1 aromatic rings. The molecule has 0 radical (unpaired) electrons. The van der Waals surface area contributed by atoms with Gasteiger partial charge in [-0.1, -0.05) is 60.8 Å². The molecule has 0 atom stereocenters. The van der Waals surface area contributed by atoms with E-state index in [1.54, 1.807) is 27.7 Å². The molecule has 0 aliphatic heterocycles. The average Bonchev–Trinajstić information content (AvgIpc) is 2.80. The zero-order chi connectivity index (χ0) is 29.9. The van der Waals surface area contributed by atoms with E-state index in [0.717, 1.165) is 36.1 Å². The fourth-order valence-electron chi connectivity index (χ4n) is 4.44. The molecule has 1 N–H and O–H groups in total. The normalized spacial score (nSPS) is 13.4. The van der Waals surface area contributed by atoms with Crippen LogP contribution in [-0.2, 0) is 38.1 Å². The van der Waals surface area contributed by atoms with E-state index in [1.165, 1.54) is 4.90 Å². The van der Waals surface area contributed by atoms with Crippen LogP contribution in [0.3, 0.4) is 0 Å². The summed E-state index contributed by atoms with van der Waals surface area (Å²) in [7, 11) is -7.38. The molecule has 0 saturated carbocycles. The number of thioether (sulfide) groups is 1. The minimum atomic E-state index is -3.69. The molecule has 0 bridgehead atoms. The Morgan fingerprint density at radius 3 is 1.46 bits per heavy atom. The molecule has 0 unspecified atom stereocenters. The Hall–Kier alpha value is -0.330. The lowest BCUT2D eigenvalue weighted by atomic mass is 9.79. The maximum absolute atomic E-state index is 13.7. The van der Waals surface area contributed by atoms with Crippen molar-refractivity contribution in [3.8, 4) is 5.75 Å². The Morgan fingerprint density at radius 1 is 0.718 bits per heavy atom. The molecule has 0 spiro atoms. The quantitative estimate of drug-likeness (QED) is 0.100. The van der Waals surface area contributed by atoms with E-state index in [4.69, 9.17) is 18.1 Å². The SMILES string of the molecule is CCOP(=O)(OCC)C(CCCCCCSc1cc(C(C)(C)C)c(O)c(C(C)(C)C)c1)P(=O)(OCC)OCC. The number of hydrogen-bond acceptors (Lipinski definition) is 8. The van der Waals surface area contributed by atoms with Crippen molar-refractivity contribution in [3.63, 3.8) is 0 Å². The molecular weight excluding hydrogens is 554 g/mol. The van der Waals surface area contributed by atoms with E-state index in [-0.39, 0.29) is 37.3 Å². The highest BCUT2D eigenvalue weighted by Crippen LogP contribution is 2.71. The van der Waals surface area contributed by atoms with Gasteiger partial charge in [-0.2, -0.15) is 0 Å². The summed E-state index contributed by atoms with van der Waals surface area (Å²) >= 11 is 1.81. The van der Waals surface area contributed by atoms with Gasteiger partial charge >= 0.3 is 15.2 Å². The molecule has 0 aliphatic rings. The summed E-state index contributed by atoms with van der Waals surface area (Å²) < 4.78 is 49.6. The summed E-state index contributed by atoms with van der Waals surface area (Å²) in [5.74, 6) is 1.36. The molecular formula is C29H54O7P2S. The highest BCUT2D eigenvalue weighted by atomic mass is 32.2. The van der Waals surface area contributed by atoms with Gasteiger partial charge in [0.2, 0.25) is 0 Å². The standard InChI is InChI=1S/C29H54O7P2S/c1-11-33-37(31,34-12-2)26(38(32,35-13-3)36-14-4)19-17-15-16-18-20-39-23-21-24(28(5,6)7)27(30)25(22-23)29(8,9)10/h21-22,26,30H,11-20H2,1-10H3. The maximum atomic E-state index is 13.7. The topological polar surface area (TPSA) is 91.3 Å². The van der Waals surface area contributed by atoms with E-state index in [9.17, 15) is 14.2 Å². The van der Waals surface area contributed by atoms with Crippen molar-refractivity contribution in [1.82, 2.24) is 0 Å². The van der Waals surface area contributed by atoms with Gasteiger partial charge in [-0.3, -0.25) is 9.13 Å². The van der Waals surface area contributed by atoms with Crippen LogP contribution in [0.15, 0.2) is 17.0 Å². The third kappa shape index (κ3) is 11.1. The number of hydrogen-bond donors (Lipinski definition) is 1. The second-order valence-corrected chi connectivity index (χ2v) is 17.7. The summed E-state index contributed by atoms with van der Waals surface area (Å²) in [6.07, 6.45) is 3.98. The summed E-state index contributed by atoms with van der Waals surface area (Å²) in [6, 6.07) is 4.25. The average molecular weight is 609 g/mol. The minimum Gasteiger partial charge on any atom is -0.507 e. The van der Waals surface area contributed by atoms with E-state index in [0.29, 0.717) is 18.6 Å². The maximum Gasteiger partial charge on any atom is 0.345 e. The lowest BCUT2D eigenvalue weighted by Crippen LogP contribution is -2.18. The lowest BCUT2D eigenvalue weighted by molar-refractivity contribution is 0.193. The summed E-state index contributed by atoms with van der Waals surface area (Å²) in [5, 5.41) is 10.0. The smallest absolute Gasteiger partial charge is 0.345 e. The number of aromatic hydroxyl groups is 1. The van der Waals surface area contributed by atoms with Crippen LogP contribution in [0.5, 0.6) is 5.75 Å². The van der Waals surface area contributed by atoms with Gasteiger partial charge < -0.3 is 23.2 Å². The van der Waals surface area contributed by atoms with Gasteiger partial charge in [-0.15, -0.1) is 11.8 Å². The van der Waals surface area contributed by atoms with Crippen LogP contribution in [0.1, 0.15) is 112 Å². The van der Waals surface area contributed by atoms with Crippen LogP contribution in [0.25, 0.3) is 0 Å². The number of phenolic OH excluding ortho intramolecular Hbond substituents is 1. The molecule has 0 fully saturated rings. The highest BCUT2D eigenvalue weighted by Gasteiger charge is 2.50. The zero-order valence-corrected chi connectivity index (χ0v) is 28.6. The first-order valence-electron chi connectivity index (χ1n) is 14.4. The second-order valence-electron chi connectivity index (χ2n) is 11.6. The fourth-order valence-corrected chi connectivity index (χ4v) is 10.9. The number of rotatable bonds is 18. The molecule has 0 aromatic heterocycles. The second kappa shape index (κ2) is 16.3. The van der Waals surface area contributed by atoms with Crippen LogP contribution >= 0.6 is 27.0 Å². The van der Waals surface area contributed by atoms with Gasteiger partial charge in [0, 0.05) is 16.0 Å². The summed E-state index contributed by atoms with van der Waals surface area (Å²) in [4.78, 5) is 1.17. The van der Waals surface area contributed by atoms with Gasteiger partial charge in [-0.25, -0.2) is 0 Å². The number of unbranched alkanes of at least 4 members (excludes halogenated alkanes) is 3. The van der Waals surface area contributed by atoms with E-state index < -0.39 is 20.6 Å². The van der Waals surface area contributed by atoms with Gasteiger partial charge in [0.1, 0.15) is 5.75 Å². The fraction of sp³-hybridized carbons (Fsp3) is 0.793. The van der Waals surface area contributed by atoms with E-state index in [1.807, 2.05) is 11.8 Å². The Kier molecular flexibility index (Phi) is 15.4. The summed E-state index contributed by atoms with van der Waals surface area (Å²) in [6.45, 7) is 20.5. The number of phenols is 1. The third-order valence-corrected chi connectivity index (χ3v) is 13.5. The Labute approximate surface area is 242 Å². The summed E-state index contributed by atoms with van der Waals surface area (Å²) in [5.41, 5.74) is 1.65. The molecule has 228 valence electrons. The minimum absolute atomic E-state index is 0.151. The molecule has 7 nitrogen and oxygen atoms in total. The molecule has 39 heavy (non-hydrogen) atoms. The molecule has 0 aliphatic carbocycles. The van der Waals surface area contributed by atoms with Crippen LogP contribution in [0.2, 0.25) is 0 Å². The largest absolute Gasteiger partial charge is 0.507 e. The van der Waals surface area contributed by atoms with Gasteiger partial charge in [0.25, 0.3) is 0 Å². The predicted molar refractivity (Wildman–Crippen MR) is 165 cm³/mol. The Morgan fingerprint density at radius 2 is 1.10 bits per heavy atom. The number of benzene rings is 1. The molecule has 1 aromatic carbocycles. The first-order chi connectivity index (χ1) is 18.1. The highest BCUT2D eigenvalue weighted by molar-refractivity contribution is 7.99. The molecule has 0 saturated heterocycles. The van der Waals surface area contributed by atoms with Crippen molar-refractivity contribution >= 4 is 27.0 Å². The van der Waals surface area contributed by atoms with Gasteiger partial charge in [-0.05, 0) is 69.3 Å². The van der Waals surface area contributed by atoms with E-state index >= 15 is 0 Å². The van der Waals surface area contributed by atoms with Crippen LogP contribution in [-0.4, -0.2) is 42.7 Å². The van der Waals surface area contributed by atoms with Crippen molar-refractivity contribution < 1.29 is 32.3 Å². The van der Waals surface area contributed by atoms with Crippen LogP contribution in [0.4, 0.5) is 0 Å². The third-order valence-electron chi connectivity index (χ3n) is 6.29. The predicted octanol–water partition coefficient (Wildman–Crippen LogP) is 9.89. The Balaban J connectivity index is 2.86.